The molecular formula is C15H14FNO3S2. The average molecular weight is 339 g/mol. The van der Waals surface area contributed by atoms with E-state index >= 15 is 0 Å². The summed E-state index contributed by atoms with van der Waals surface area (Å²) in [5.41, 5.74) is 1.02. The van der Waals surface area contributed by atoms with Crippen molar-refractivity contribution in [3.05, 3.63) is 52.0 Å². The molecule has 4 nitrogen and oxygen atoms in total. The number of hydrogen-bond donors (Lipinski definition) is 0. The molecule has 0 saturated carbocycles. The topological polar surface area (TPSA) is 54.5 Å². The van der Waals surface area contributed by atoms with E-state index in [0.29, 0.717) is 4.88 Å². The highest BCUT2D eigenvalue weighted by Crippen LogP contribution is 2.26. The SMILES string of the molecule is Cc1csc(C(=O)N2CC(S(=O)(=O)c3ccc(F)cc3)C2)c1. The Balaban J connectivity index is 1.70. The van der Waals surface area contributed by atoms with Crippen molar-refractivity contribution in [2.75, 3.05) is 13.1 Å². The largest absolute Gasteiger partial charge is 0.335 e. The van der Waals surface area contributed by atoms with E-state index in [1.807, 2.05) is 12.3 Å². The monoisotopic (exact) mass is 339 g/mol. The summed E-state index contributed by atoms with van der Waals surface area (Å²) in [6.45, 7) is 2.26. The first-order chi connectivity index (χ1) is 10.4. The van der Waals surface area contributed by atoms with Gasteiger partial charge in [-0.05, 0) is 48.2 Å². The summed E-state index contributed by atoms with van der Waals surface area (Å²) in [7, 11) is -3.52. The van der Waals surface area contributed by atoms with Gasteiger partial charge in [0, 0.05) is 13.1 Å². The number of sulfone groups is 1. The van der Waals surface area contributed by atoms with Crippen LogP contribution in [-0.2, 0) is 9.84 Å². The third-order valence-corrected chi connectivity index (χ3v) is 6.80. The smallest absolute Gasteiger partial charge is 0.264 e. The Morgan fingerprint density at radius 1 is 1.27 bits per heavy atom. The van der Waals surface area contributed by atoms with Crippen LogP contribution in [0.1, 0.15) is 15.2 Å². The molecule has 1 aliphatic heterocycles. The highest BCUT2D eigenvalue weighted by molar-refractivity contribution is 7.92. The van der Waals surface area contributed by atoms with Crippen LogP contribution in [-0.4, -0.2) is 37.6 Å². The molecule has 0 spiro atoms. The lowest BCUT2D eigenvalue weighted by Crippen LogP contribution is -2.56. The second-order valence-corrected chi connectivity index (χ2v) is 8.46. The van der Waals surface area contributed by atoms with Crippen LogP contribution in [0, 0.1) is 12.7 Å². The van der Waals surface area contributed by atoms with Crippen molar-refractivity contribution < 1.29 is 17.6 Å². The van der Waals surface area contributed by atoms with E-state index in [1.165, 1.54) is 28.4 Å². The summed E-state index contributed by atoms with van der Waals surface area (Å²) in [5.74, 6) is -0.610. The molecule has 2 heterocycles. The van der Waals surface area contributed by atoms with Gasteiger partial charge in [-0.15, -0.1) is 11.3 Å². The van der Waals surface area contributed by atoms with E-state index in [1.54, 1.807) is 6.07 Å². The zero-order valence-electron chi connectivity index (χ0n) is 11.8. The highest BCUT2D eigenvalue weighted by Gasteiger charge is 2.40. The van der Waals surface area contributed by atoms with E-state index in [-0.39, 0.29) is 23.9 Å². The second kappa shape index (κ2) is 5.48. The molecule has 0 radical (unpaired) electrons. The molecule has 0 aliphatic carbocycles. The number of thiophene rings is 1. The van der Waals surface area contributed by atoms with Crippen LogP contribution in [0.2, 0.25) is 0 Å². The molecule has 1 aromatic heterocycles. The molecule has 116 valence electrons. The van der Waals surface area contributed by atoms with Crippen molar-refractivity contribution in [1.29, 1.82) is 0 Å². The molecule has 2 aromatic rings. The zero-order chi connectivity index (χ0) is 15.9. The molecule has 1 fully saturated rings. The lowest BCUT2D eigenvalue weighted by molar-refractivity contribution is 0.0664. The van der Waals surface area contributed by atoms with E-state index in [9.17, 15) is 17.6 Å². The minimum absolute atomic E-state index is 0.0953. The number of amides is 1. The van der Waals surface area contributed by atoms with Gasteiger partial charge < -0.3 is 4.90 Å². The summed E-state index contributed by atoms with van der Waals surface area (Å²) in [5, 5.41) is 1.27. The Kier molecular flexibility index (Phi) is 3.78. The van der Waals surface area contributed by atoms with E-state index in [4.69, 9.17) is 0 Å². The number of hydrogen-bond acceptors (Lipinski definition) is 4. The quantitative estimate of drug-likeness (QED) is 0.808. The van der Waals surface area contributed by atoms with Gasteiger partial charge in [0.05, 0.1) is 9.77 Å². The van der Waals surface area contributed by atoms with Gasteiger partial charge in [0.2, 0.25) is 0 Å². The number of likely N-dealkylation sites (tertiary alicyclic amines) is 1. The van der Waals surface area contributed by atoms with E-state index in [0.717, 1.165) is 17.7 Å². The molecule has 0 atom stereocenters. The van der Waals surface area contributed by atoms with Gasteiger partial charge in [-0.1, -0.05) is 0 Å². The van der Waals surface area contributed by atoms with Crippen LogP contribution in [0.3, 0.4) is 0 Å². The van der Waals surface area contributed by atoms with E-state index in [2.05, 4.69) is 0 Å². The van der Waals surface area contributed by atoms with Gasteiger partial charge in [-0.3, -0.25) is 4.79 Å². The number of benzene rings is 1. The van der Waals surface area contributed by atoms with Crippen LogP contribution >= 0.6 is 11.3 Å². The molecule has 1 saturated heterocycles. The zero-order valence-corrected chi connectivity index (χ0v) is 13.5. The molecule has 0 unspecified atom stereocenters. The molecule has 22 heavy (non-hydrogen) atoms. The van der Waals surface area contributed by atoms with Gasteiger partial charge in [0.1, 0.15) is 11.1 Å². The number of carbonyl (C=O) groups excluding carboxylic acids is 1. The Hall–Kier alpha value is -1.73. The summed E-state index contributed by atoms with van der Waals surface area (Å²) in [6.07, 6.45) is 0. The molecule has 1 amide bonds. The van der Waals surface area contributed by atoms with Crippen LogP contribution in [0.25, 0.3) is 0 Å². The molecule has 1 aliphatic rings. The predicted octanol–water partition coefficient (Wildman–Crippen LogP) is 2.49. The summed E-state index contributed by atoms with van der Waals surface area (Å²) < 4.78 is 37.6. The third kappa shape index (κ3) is 2.66. The van der Waals surface area contributed by atoms with Gasteiger partial charge >= 0.3 is 0 Å². The van der Waals surface area contributed by atoms with Crippen molar-refractivity contribution in [2.45, 2.75) is 17.1 Å². The van der Waals surface area contributed by atoms with Crippen LogP contribution in [0.4, 0.5) is 4.39 Å². The minimum atomic E-state index is -3.52. The van der Waals surface area contributed by atoms with Crippen LogP contribution in [0.5, 0.6) is 0 Å². The normalized spacial score (nSPS) is 15.6. The molecule has 7 heteroatoms. The number of aryl methyl sites for hydroxylation is 1. The summed E-state index contributed by atoms with van der Waals surface area (Å²) >= 11 is 1.36. The maximum Gasteiger partial charge on any atom is 0.264 e. The Morgan fingerprint density at radius 3 is 2.45 bits per heavy atom. The molecule has 3 rings (SSSR count). The van der Waals surface area contributed by atoms with Gasteiger partial charge in [-0.2, -0.15) is 0 Å². The average Bonchev–Trinajstić information content (AvgIpc) is 2.84. The maximum absolute atomic E-state index is 12.9. The second-order valence-electron chi connectivity index (χ2n) is 5.32. The first-order valence-electron chi connectivity index (χ1n) is 6.72. The van der Waals surface area contributed by atoms with Crippen molar-refractivity contribution >= 4 is 27.1 Å². The fourth-order valence-corrected chi connectivity index (χ4v) is 4.83. The first-order valence-corrected chi connectivity index (χ1v) is 9.14. The number of halogens is 1. The fraction of sp³-hybridized carbons (Fsp3) is 0.267. The highest BCUT2D eigenvalue weighted by atomic mass is 32.2. The van der Waals surface area contributed by atoms with Crippen molar-refractivity contribution in [2.24, 2.45) is 0 Å². The van der Waals surface area contributed by atoms with Crippen molar-refractivity contribution in [3.8, 4) is 0 Å². The third-order valence-electron chi connectivity index (χ3n) is 3.66. The van der Waals surface area contributed by atoms with Crippen LogP contribution < -0.4 is 0 Å². The maximum atomic E-state index is 12.9. The lowest BCUT2D eigenvalue weighted by atomic mass is 10.2. The van der Waals surface area contributed by atoms with Gasteiger partial charge in [-0.25, -0.2) is 12.8 Å². The molecule has 1 aromatic carbocycles. The number of nitrogens with zero attached hydrogens (tertiary/aromatic N) is 1. The minimum Gasteiger partial charge on any atom is -0.335 e. The van der Waals surface area contributed by atoms with E-state index < -0.39 is 20.9 Å². The van der Waals surface area contributed by atoms with Gasteiger partial charge in [0.25, 0.3) is 5.91 Å². The van der Waals surface area contributed by atoms with Crippen molar-refractivity contribution in [3.63, 3.8) is 0 Å². The standard InChI is InChI=1S/C15H14FNO3S2/c1-10-6-14(21-9-10)15(18)17-7-13(8-17)22(19,20)12-4-2-11(16)3-5-12/h2-6,9,13H,7-8H2,1H3. The van der Waals surface area contributed by atoms with Gasteiger partial charge in [0.15, 0.2) is 9.84 Å². The van der Waals surface area contributed by atoms with Crippen molar-refractivity contribution in [1.82, 2.24) is 4.90 Å². The Bertz CT molecular complexity index is 806. The number of rotatable bonds is 3. The predicted molar refractivity (Wildman–Crippen MR) is 82.3 cm³/mol. The molecular weight excluding hydrogens is 325 g/mol. The molecule has 0 bridgehead atoms. The summed E-state index contributed by atoms with van der Waals surface area (Å²) in [4.78, 5) is 14.4. The summed E-state index contributed by atoms with van der Waals surface area (Å²) in [6, 6.07) is 6.58. The molecule has 0 N–H and O–H groups in total. The fourth-order valence-electron chi connectivity index (χ4n) is 2.32. The Labute approximate surface area is 132 Å². The first kappa shape index (κ1) is 15.2. The number of carbonyl (C=O) groups is 1. The lowest BCUT2D eigenvalue weighted by Gasteiger charge is -2.38. The Morgan fingerprint density at radius 2 is 1.91 bits per heavy atom. The van der Waals surface area contributed by atoms with Crippen LogP contribution in [0.15, 0.2) is 40.6 Å².